The molecule has 0 radical (unpaired) electrons. The van der Waals surface area contributed by atoms with Gasteiger partial charge in [-0.2, -0.15) is 0 Å². The lowest BCUT2D eigenvalue weighted by atomic mass is 10.1. The van der Waals surface area contributed by atoms with Crippen LogP contribution < -0.4 is 5.32 Å². The maximum absolute atomic E-state index is 10.4. The van der Waals surface area contributed by atoms with Crippen molar-refractivity contribution in [1.29, 1.82) is 0 Å². The van der Waals surface area contributed by atoms with Gasteiger partial charge in [-0.25, -0.2) is 0 Å². The Hall–Kier alpha value is -1.42. The normalized spacial score (nSPS) is 10.6. The van der Waals surface area contributed by atoms with Crippen LogP contribution in [0.15, 0.2) is 24.3 Å². The van der Waals surface area contributed by atoms with Gasteiger partial charge in [-0.15, -0.1) is 0 Å². The van der Waals surface area contributed by atoms with Crippen molar-refractivity contribution in [3.8, 4) is 0 Å². The first-order valence-electron chi connectivity index (χ1n) is 5.06. The van der Waals surface area contributed by atoms with E-state index in [1.54, 1.807) is 24.3 Å². The quantitative estimate of drug-likeness (QED) is 0.595. The summed E-state index contributed by atoms with van der Waals surface area (Å²) in [6.45, 7) is 5.08. The lowest BCUT2D eigenvalue weighted by Crippen LogP contribution is -2.24. The summed E-state index contributed by atoms with van der Waals surface area (Å²) in [4.78, 5) is 10.0. The first kappa shape index (κ1) is 11.7. The van der Waals surface area contributed by atoms with Gasteiger partial charge in [0.15, 0.2) is 0 Å². The van der Waals surface area contributed by atoms with E-state index in [0.29, 0.717) is 6.04 Å². The zero-order valence-electron chi connectivity index (χ0n) is 9.06. The van der Waals surface area contributed by atoms with Crippen molar-refractivity contribution in [2.24, 2.45) is 0 Å². The highest BCUT2D eigenvalue weighted by Crippen LogP contribution is 2.11. The molecule has 4 nitrogen and oxygen atoms in total. The molecular formula is C11H16N2O2. The Balaban J connectivity index is 2.46. The molecule has 0 fully saturated rings. The number of rotatable bonds is 5. The van der Waals surface area contributed by atoms with Crippen LogP contribution in [0.4, 0.5) is 5.69 Å². The fourth-order valence-corrected chi connectivity index (χ4v) is 1.29. The Kier molecular flexibility index (Phi) is 4.24. The topological polar surface area (TPSA) is 55.2 Å². The van der Waals surface area contributed by atoms with Crippen LogP contribution in [0.1, 0.15) is 19.4 Å². The second kappa shape index (κ2) is 5.46. The minimum absolute atomic E-state index is 0.149. The SMILES string of the molecule is CC(C)NCCc1ccc([N+](=O)[O-])cc1. The first-order chi connectivity index (χ1) is 7.09. The van der Waals surface area contributed by atoms with Gasteiger partial charge in [0.05, 0.1) is 4.92 Å². The van der Waals surface area contributed by atoms with Crippen LogP contribution in [-0.2, 0) is 6.42 Å². The van der Waals surface area contributed by atoms with Gasteiger partial charge in [0, 0.05) is 18.2 Å². The van der Waals surface area contributed by atoms with Gasteiger partial charge < -0.3 is 5.32 Å². The zero-order chi connectivity index (χ0) is 11.3. The van der Waals surface area contributed by atoms with Crippen LogP contribution in [0.2, 0.25) is 0 Å². The summed E-state index contributed by atoms with van der Waals surface area (Å²) in [7, 11) is 0. The number of nitro groups is 1. The van der Waals surface area contributed by atoms with Crippen LogP contribution in [0.25, 0.3) is 0 Å². The zero-order valence-corrected chi connectivity index (χ0v) is 9.06. The van der Waals surface area contributed by atoms with E-state index in [1.165, 1.54) is 0 Å². The van der Waals surface area contributed by atoms with Crippen molar-refractivity contribution < 1.29 is 4.92 Å². The molecule has 0 heterocycles. The molecule has 0 atom stereocenters. The number of non-ortho nitro benzene ring substituents is 1. The molecule has 1 aromatic carbocycles. The largest absolute Gasteiger partial charge is 0.314 e. The van der Waals surface area contributed by atoms with Gasteiger partial charge in [-0.1, -0.05) is 26.0 Å². The van der Waals surface area contributed by atoms with E-state index >= 15 is 0 Å². The third kappa shape index (κ3) is 4.08. The number of hydrogen-bond donors (Lipinski definition) is 1. The monoisotopic (exact) mass is 208 g/mol. The van der Waals surface area contributed by atoms with Gasteiger partial charge in [0.1, 0.15) is 0 Å². The van der Waals surface area contributed by atoms with Crippen LogP contribution >= 0.6 is 0 Å². The molecule has 0 aromatic heterocycles. The summed E-state index contributed by atoms with van der Waals surface area (Å²) < 4.78 is 0. The van der Waals surface area contributed by atoms with Crippen LogP contribution in [0.5, 0.6) is 0 Å². The van der Waals surface area contributed by atoms with Crippen LogP contribution in [0, 0.1) is 10.1 Å². The molecule has 1 N–H and O–H groups in total. The van der Waals surface area contributed by atoms with Gasteiger partial charge >= 0.3 is 0 Å². The molecule has 4 heteroatoms. The molecule has 0 aliphatic carbocycles. The highest BCUT2D eigenvalue weighted by molar-refractivity contribution is 5.32. The Bertz CT molecular complexity index is 320. The number of hydrogen-bond acceptors (Lipinski definition) is 3. The van der Waals surface area contributed by atoms with Crippen molar-refractivity contribution in [3.63, 3.8) is 0 Å². The van der Waals surface area contributed by atoms with Crippen molar-refractivity contribution in [2.45, 2.75) is 26.3 Å². The molecule has 0 unspecified atom stereocenters. The van der Waals surface area contributed by atoms with Crippen molar-refractivity contribution in [3.05, 3.63) is 39.9 Å². The summed E-state index contributed by atoms with van der Waals surface area (Å²) in [5, 5.41) is 13.7. The summed E-state index contributed by atoms with van der Waals surface area (Å²) in [6, 6.07) is 7.18. The van der Waals surface area contributed by atoms with E-state index in [4.69, 9.17) is 0 Å². The molecule has 0 amide bonds. The molecule has 0 bridgehead atoms. The van der Waals surface area contributed by atoms with E-state index in [1.807, 2.05) is 0 Å². The molecule has 0 spiro atoms. The summed E-state index contributed by atoms with van der Waals surface area (Å²) in [5.41, 5.74) is 1.27. The summed E-state index contributed by atoms with van der Waals surface area (Å²) in [5.74, 6) is 0. The minimum atomic E-state index is -0.379. The van der Waals surface area contributed by atoms with Crippen LogP contribution in [0.3, 0.4) is 0 Å². The predicted molar refractivity (Wildman–Crippen MR) is 59.9 cm³/mol. The van der Waals surface area contributed by atoms with E-state index in [0.717, 1.165) is 18.5 Å². The number of nitro benzene ring substituents is 1. The highest BCUT2D eigenvalue weighted by Gasteiger charge is 2.03. The van der Waals surface area contributed by atoms with Crippen molar-refractivity contribution >= 4 is 5.69 Å². The lowest BCUT2D eigenvalue weighted by molar-refractivity contribution is -0.384. The smallest absolute Gasteiger partial charge is 0.269 e. The number of nitrogens with zero attached hydrogens (tertiary/aromatic N) is 1. The van der Waals surface area contributed by atoms with E-state index < -0.39 is 0 Å². The van der Waals surface area contributed by atoms with E-state index in [-0.39, 0.29) is 10.6 Å². The average Bonchev–Trinajstić information content (AvgIpc) is 2.18. The Morgan fingerprint density at radius 3 is 2.40 bits per heavy atom. The molecule has 1 rings (SSSR count). The Morgan fingerprint density at radius 2 is 1.93 bits per heavy atom. The van der Waals surface area contributed by atoms with E-state index in [2.05, 4.69) is 19.2 Å². The fraction of sp³-hybridized carbons (Fsp3) is 0.455. The van der Waals surface area contributed by atoms with Gasteiger partial charge in [0.2, 0.25) is 0 Å². The molecule has 82 valence electrons. The number of nitrogens with one attached hydrogen (secondary N) is 1. The summed E-state index contributed by atoms with van der Waals surface area (Å²) >= 11 is 0. The van der Waals surface area contributed by atoms with Crippen molar-refractivity contribution in [1.82, 2.24) is 5.32 Å². The molecule has 0 aliphatic heterocycles. The number of benzene rings is 1. The van der Waals surface area contributed by atoms with Crippen LogP contribution in [-0.4, -0.2) is 17.5 Å². The van der Waals surface area contributed by atoms with Gasteiger partial charge in [0.25, 0.3) is 5.69 Å². The maximum Gasteiger partial charge on any atom is 0.269 e. The lowest BCUT2D eigenvalue weighted by Gasteiger charge is -2.07. The molecule has 0 saturated heterocycles. The third-order valence-electron chi connectivity index (χ3n) is 2.11. The standard InChI is InChI=1S/C11H16N2O2/c1-9(2)12-8-7-10-3-5-11(6-4-10)13(14)15/h3-6,9,12H,7-8H2,1-2H3. The highest BCUT2D eigenvalue weighted by atomic mass is 16.6. The average molecular weight is 208 g/mol. The van der Waals surface area contributed by atoms with Crippen molar-refractivity contribution in [2.75, 3.05) is 6.54 Å². The minimum Gasteiger partial charge on any atom is -0.314 e. The maximum atomic E-state index is 10.4. The predicted octanol–water partition coefficient (Wildman–Crippen LogP) is 2.14. The Morgan fingerprint density at radius 1 is 1.33 bits per heavy atom. The van der Waals surface area contributed by atoms with Gasteiger partial charge in [-0.05, 0) is 18.5 Å². The molecular weight excluding hydrogens is 192 g/mol. The Labute approximate surface area is 89.5 Å². The third-order valence-corrected chi connectivity index (χ3v) is 2.11. The first-order valence-corrected chi connectivity index (χ1v) is 5.06. The van der Waals surface area contributed by atoms with Gasteiger partial charge in [-0.3, -0.25) is 10.1 Å². The molecule has 1 aromatic rings. The fourth-order valence-electron chi connectivity index (χ4n) is 1.29. The van der Waals surface area contributed by atoms with E-state index in [9.17, 15) is 10.1 Å². The second-order valence-electron chi connectivity index (χ2n) is 3.78. The summed E-state index contributed by atoms with van der Waals surface area (Å²) in [6.07, 6.45) is 0.899. The molecule has 0 saturated carbocycles. The molecule has 0 aliphatic rings. The molecule has 15 heavy (non-hydrogen) atoms. The second-order valence-corrected chi connectivity index (χ2v) is 3.78.